The second kappa shape index (κ2) is 68.6. The van der Waals surface area contributed by atoms with Gasteiger partial charge in [-0.2, -0.15) is 0 Å². The molecule has 0 radical (unpaired) electrons. The number of esters is 3. The zero-order chi connectivity index (χ0) is 58.5. The van der Waals surface area contributed by atoms with Crippen LogP contribution in [0.15, 0.2) is 109 Å². The predicted octanol–water partition coefficient (Wildman–Crippen LogP) is 23.8. The van der Waals surface area contributed by atoms with E-state index in [0.29, 0.717) is 19.3 Å². The third-order valence-electron chi connectivity index (χ3n) is 14.8. The molecule has 0 spiro atoms. The number of hydrogen-bond acceptors (Lipinski definition) is 6. The summed E-state index contributed by atoms with van der Waals surface area (Å²) < 4.78 is 16.8. The molecule has 0 aliphatic heterocycles. The van der Waals surface area contributed by atoms with Crippen LogP contribution in [-0.2, 0) is 28.6 Å². The van der Waals surface area contributed by atoms with Crippen molar-refractivity contribution < 1.29 is 28.6 Å². The smallest absolute Gasteiger partial charge is 0.306 e. The van der Waals surface area contributed by atoms with Crippen LogP contribution >= 0.6 is 0 Å². The van der Waals surface area contributed by atoms with Gasteiger partial charge in [0.2, 0.25) is 0 Å². The summed E-state index contributed by atoms with van der Waals surface area (Å²) in [6.45, 7) is 6.35. The highest BCUT2D eigenvalue weighted by Crippen LogP contribution is 2.17. The van der Waals surface area contributed by atoms with Crippen molar-refractivity contribution in [1.82, 2.24) is 0 Å². The van der Waals surface area contributed by atoms with E-state index in [0.717, 1.165) is 109 Å². The first-order chi connectivity index (χ1) is 40.0. The molecule has 0 rings (SSSR count). The molecule has 0 aromatic heterocycles. The second-order valence-corrected chi connectivity index (χ2v) is 22.7. The fourth-order valence-corrected chi connectivity index (χ4v) is 9.68. The molecule has 0 fully saturated rings. The van der Waals surface area contributed by atoms with E-state index in [-0.39, 0.29) is 37.5 Å². The number of carbonyl (C=O) groups is 3. The zero-order valence-electron chi connectivity index (χ0n) is 53.3. The van der Waals surface area contributed by atoms with Gasteiger partial charge in [-0.05, 0) is 109 Å². The van der Waals surface area contributed by atoms with Crippen molar-refractivity contribution in [3.05, 3.63) is 109 Å². The van der Waals surface area contributed by atoms with Crippen LogP contribution in [0.2, 0.25) is 0 Å². The topological polar surface area (TPSA) is 78.9 Å². The van der Waals surface area contributed by atoms with Gasteiger partial charge in [-0.1, -0.05) is 310 Å². The number of unbranched alkanes of at least 4 members (excludes halogenated alkanes) is 33. The maximum atomic E-state index is 12.9. The highest BCUT2D eigenvalue weighted by Gasteiger charge is 2.19. The Hall–Kier alpha value is -3.93. The fourth-order valence-electron chi connectivity index (χ4n) is 9.68. The highest BCUT2D eigenvalue weighted by atomic mass is 16.6. The van der Waals surface area contributed by atoms with Gasteiger partial charge in [-0.3, -0.25) is 14.4 Å². The summed E-state index contributed by atoms with van der Waals surface area (Å²) in [6.07, 6.45) is 94.4. The standard InChI is InChI=1S/C75H128O6/c1-4-7-10-13-16-19-22-25-27-28-29-30-31-32-33-34-35-36-37-38-39-40-41-42-43-44-45-46-48-50-53-56-59-62-65-68-74(77)80-71-72(70-79-73(76)67-64-61-58-55-52-49-24-21-18-15-12-9-6-3)81-75(78)69-66-63-60-57-54-51-47-26-23-20-17-14-11-8-5-2/h8-9,11-12,17-18,20-22,25-26,28-29,47,49,52,58,61,72H,4-7,10,13-16,19,23-24,27,30-46,48,50-51,53-57,59-60,62-71H2,1-3H3/b11-8-,12-9-,20-17-,21-18-,25-22-,29-28-,47-26-,52-49-,61-58-. The molecule has 81 heavy (non-hydrogen) atoms. The number of hydrogen-bond donors (Lipinski definition) is 0. The van der Waals surface area contributed by atoms with E-state index in [2.05, 4.69) is 124 Å². The van der Waals surface area contributed by atoms with E-state index in [1.807, 2.05) is 6.08 Å². The molecule has 0 aliphatic carbocycles. The van der Waals surface area contributed by atoms with Gasteiger partial charge < -0.3 is 14.2 Å². The van der Waals surface area contributed by atoms with Crippen molar-refractivity contribution in [2.75, 3.05) is 13.2 Å². The first-order valence-electron chi connectivity index (χ1n) is 34.4. The third kappa shape index (κ3) is 66.8. The van der Waals surface area contributed by atoms with Crippen LogP contribution in [0.25, 0.3) is 0 Å². The van der Waals surface area contributed by atoms with Crippen LogP contribution in [0.4, 0.5) is 0 Å². The molecular weight excluding hydrogens is 997 g/mol. The summed E-state index contributed by atoms with van der Waals surface area (Å²) >= 11 is 0. The Kier molecular flexibility index (Phi) is 65.2. The molecule has 0 saturated heterocycles. The molecule has 0 aromatic rings. The third-order valence-corrected chi connectivity index (χ3v) is 14.8. The summed E-state index contributed by atoms with van der Waals surface area (Å²) in [5, 5.41) is 0. The number of rotatable bonds is 62. The van der Waals surface area contributed by atoms with E-state index in [1.165, 1.54) is 173 Å². The van der Waals surface area contributed by atoms with Gasteiger partial charge in [0.05, 0.1) is 0 Å². The molecule has 464 valence electrons. The van der Waals surface area contributed by atoms with Gasteiger partial charge in [-0.15, -0.1) is 0 Å². The molecule has 0 aliphatic rings. The van der Waals surface area contributed by atoms with E-state index in [4.69, 9.17) is 14.2 Å². The SMILES string of the molecule is CC/C=C\C/C=C\C/C=C\C/C=C\CCC(=O)OCC(COC(=O)CCCCCCCCCCCCCCCCCCCCCCCCC/C=C\C/C=C\CCCCCCC)OC(=O)CCCCCCC/C=C\C/C=C\C/C=C\CC. The Morgan fingerprint density at radius 3 is 0.827 bits per heavy atom. The molecule has 0 heterocycles. The van der Waals surface area contributed by atoms with Crippen molar-refractivity contribution in [2.24, 2.45) is 0 Å². The minimum atomic E-state index is -0.817. The molecule has 1 unspecified atom stereocenters. The van der Waals surface area contributed by atoms with Gasteiger partial charge in [0.15, 0.2) is 6.10 Å². The van der Waals surface area contributed by atoms with Crippen LogP contribution in [0, 0.1) is 0 Å². The monoisotopic (exact) mass is 1120 g/mol. The van der Waals surface area contributed by atoms with Crippen LogP contribution in [0.3, 0.4) is 0 Å². The van der Waals surface area contributed by atoms with Crippen LogP contribution < -0.4 is 0 Å². The number of allylic oxidation sites excluding steroid dienone is 18. The molecule has 0 aromatic carbocycles. The lowest BCUT2D eigenvalue weighted by Gasteiger charge is -2.18. The van der Waals surface area contributed by atoms with Gasteiger partial charge in [-0.25, -0.2) is 0 Å². The van der Waals surface area contributed by atoms with Crippen molar-refractivity contribution >= 4 is 17.9 Å². The lowest BCUT2D eigenvalue weighted by molar-refractivity contribution is -0.166. The molecule has 0 bridgehead atoms. The van der Waals surface area contributed by atoms with Gasteiger partial charge in [0.1, 0.15) is 13.2 Å². The quantitative estimate of drug-likeness (QED) is 0.0261. The molecular formula is C75H128O6. The van der Waals surface area contributed by atoms with Crippen LogP contribution in [-0.4, -0.2) is 37.2 Å². The molecule has 0 amide bonds. The normalized spacial score (nSPS) is 12.8. The minimum absolute atomic E-state index is 0.106. The summed E-state index contributed by atoms with van der Waals surface area (Å²) in [5.74, 6) is -1.000. The fraction of sp³-hybridized carbons (Fsp3) is 0.720. The second-order valence-electron chi connectivity index (χ2n) is 22.7. The molecule has 6 nitrogen and oxygen atoms in total. The lowest BCUT2D eigenvalue weighted by Crippen LogP contribution is -2.30. The van der Waals surface area contributed by atoms with Crippen molar-refractivity contribution in [3.8, 4) is 0 Å². The molecule has 0 saturated carbocycles. The molecule has 1 atom stereocenters. The Morgan fingerprint density at radius 2 is 0.506 bits per heavy atom. The van der Waals surface area contributed by atoms with E-state index in [9.17, 15) is 14.4 Å². The van der Waals surface area contributed by atoms with Crippen LogP contribution in [0.5, 0.6) is 0 Å². The zero-order valence-corrected chi connectivity index (χ0v) is 53.3. The predicted molar refractivity (Wildman–Crippen MR) is 353 cm³/mol. The number of ether oxygens (including phenoxy) is 3. The Morgan fingerprint density at radius 1 is 0.259 bits per heavy atom. The largest absolute Gasteiger partial charge is 0.462 e. The van der Waals surface area contributed by atoms with E-state index >= 15 is 0 Å². The van der Waals surface area contributed by atoms with E-state index < -0.39 is 6.10 Å². The van der Waals surface area contributed by atoms with Gasteiger partial charge >= 0.3 is 17.9 Å². The Bertz CT molecular complexity index is 1620. The van der Waals surface area contributed by atoms with Crippen molar-refractivity contribution in [3.63, 3.8) is 0 Å². The first kappa shape index (κ1) is 77.1. The summed E-state index contributed by atoms with van der Waals surface area (Å²) in [4.78, 5) is 38.2. The average Bonchev–Trinajstić information content (AvgIpc) is 3.46. The van der Waals surface area contributed by atoms with E-state index in [1.54, 1.807) is 0 Å². The highest BCUT2D eigenvalue weighted by molar-refractivity contribution is 5.71. The molecule has 0 N–H and O–H groups in total. The summed E-state index contributed by atoms with van der Waals surface area (Å²) in [6, 6.07) is 0. The Balaban J connectivity index is 4.13. The van der Waals surface area contributed by atoms with Crippen molar-refractivity contribution in [1.29, 1.82) is 0 Å². The van der Waals surface area contributed by atoms with Crippen LogP contribution in [0.1, 0.15) is 329 Å². The van der Waals surface area contributed by atoms with Gasteiger partial charge in [0, 0.05) is 19.3 Å². The van der Waals surface area contributed by atoms with Crippen molar-refractivity contribution in [2.45, 2.75) is 335 Å². The summed E-state index contributed by atoms with van der Waals surface area (Å²) in [5.41, 5.74) is 0. The lowest BCUT2D eigenvalue weighted by atomic mass is 10.0. The minimum Gasteiger partial charge on any atom is -0.462 e. The van der Waals surface area contributed by atoms with Gasteiger partial charge in [0.25, 0.3) is 0 Å². The molecule has 6 heteroatoms. The summed E-state index contributed by atoms with van der Waals surface area (Å²) in [7, 11) is 0. The maximum Gasteiger partial charge on any atom is 0.306 e. The Labute approximate surface area is 501 Å². The maximum absolute atomic E-state index is 12.9. The first-order valence-corrected chi connectivity index (χ1v) is 34.4. The average molecular weight is 1130 g/mol. The number of carbonyl (C=O) groups excluding carboxylic acids is 3.